The van der Waals surface area contributed by atoms with Gasteiger partial charge in [-0.15, -0.1) is 0 Å². The fourth-order valence-corrected chi connectivity index (χ4v) is 4.35. The molecule has 0 aromatic heterocycles. The zero-order chi connectivity index (χ0) is 26.1. The maximum absolute atomic E-state index is 13.3. The van der Waals surface area contributed by atoms with Crippen molar-refractivity contribution in [1.29, 1.82) is 0 Å². The standard InChI is InChI=1S/C30H20ClNO5/c1-18-11-12-21(17-25(18)32-28(34)23-9-5-6-10-24(23)29(32)35)30(36)37-27(20-13-15-22(31)16-14-20)26(33)19-7-3-2-4-8-19/h2-17,27H,1H3/t27-/m1/s1. The number of fused-ring (bicyclic) bond motifs is 1. The zero-order valence-electron chi connectivity index (χ0n) is 19.7. The second kappa shape index (κ2) is 9.84. The number of rotatable bonds is 6. The van der Waals surface area contributed by atoms with Crippen LogP contribution < -0.4 is 4.90 Å². The highest BCUT2D eigenvalue weighted by molar-refractivity contribution is 6.34. The number of anilines is 1. The highest BCUT2D eigenvalue weighted by Gasteiger charge is 2.37. The van der Waals surface area contributed by atoms with Gasteiger partial charge in [-0.05, 0) is 48.9 Å². The normalized spacial score (nSPS) is 13.3. The van der Waals surface area contributed by atoms with Crippen molar-refractivity contribution in [1.82, 2.24) is 0 Å². The summed E-state index contributed by atoms with van der Waals surface area (Å²) in [4.78, 5) is 53.7. The van der Waals surface area contributed by atoms with E-state index in [1.165, 1.54) is 12.1 Å². The van der Waals surface area contributed by atoms with Crippen LogP contribution in [0.2, 0.25) is 5.02 Å². The molecule has 1 aliphatic rings. The van der Waals surface area contributed by atoms with Crippen LogP contribution in [0, 0.1) is 6.92 Å². The Kier molecular flexibility index (Phi) is 6.42. The predicted molar refractivity (Wildman–Crippen MR) is 139 cm³/mol. The summed E-state index contributed by atoms with van der Waals surface area (Å²) < 4.78 is 5.73. The topological polar surface area (TPSA) is 80.8 Å². The minimum absolute atomic E-state index is 0.0944. The van der Waals surface area contributed by atoms with Crippen molar-refractivity contribution in [2.75, 3.05) is 4.90 Å². The van der Waals surface area contributed by atoms with Gasteiger partial charge >= 0.3 is 5.97 Å². The van der Waals surface area contributed by atoms with Crippen molar-refractivity contribution >= 4 is 40.9 Å². The molecule has 1 aliphatic heterocycles. The van der Waals surface area contributed by atoms with Crippen LogP contribution in [0.5, 0.6) is 0 Å². The van der Waals surface area contributed by atoms with Crippen LogP contribution in [0.3, 0.4) is 0 Å². The van der Waals surface area contributed by atoms with E-state index in [2.05, 4.69) is 0 Å². The highest BCUT2D eigenvalue weighted by Crippen LogP contribution is 2.32. The molecule has 5 rings (SSSR count). The first-order chi connectivity index (χ1) is 17.8. The number of esters is 1. The number of Topliss-reactive ketones (excluding diaryl/α,β-unsaturated/α-hetero) is 1. The van der Waals surface area contributed by atoms with E-state index in [1.807, 2.05) is 0 Å². The summed E-state index contributed by atoms with van der Waals surface area (Å²) in [5.41, 5.74) is 2.44. The van der Waals surface area contributed by atoms with E-state index in [4.69, 9.17) is 16.3 Å². The van der Waals surface area contributed by atoms with Crippen molar-refractivity contribution in [2.45, 2.75) is 13.0 Å². The van der Waals surface area contributed by atoms with Crippen LogP contribution >= 0.6 is 11.6 Å². The smallest absolute Gasteiger partial charge is 0.339 e. The number of amides is 2. The molecule has 6 nitrogen and oxygen atoms in total. The van der Waals surface area contributed by atoms with Crippen molar-refractivity contribution in [3.05, 3.63) is 135 Å². The van der Waals surface area contributed by atoms with Crippen molar-refractivity contribution in [3.8, 4) is 0 Å². The summed E-state index contributed by atoms with van der Waals surface area (Å²) in [5, 5.41) is 0.477. The number of hydrogen-bond donors (Lipinski definition) is 0. The van der Waals surface area contributed by atoms with E-state index in [9.17, 15) is 19.2 Å². The molecule has 37 heavy (non-hydrogen) atoms. The summed E-state index contributed by atoms with van der Waals surface area (Å²) in [7, 11) is 0. The summed E-state index contributed by atoms with van der Waals surface area (Å²) >= 11 is 6.01. The Morgan fingerprint density at radius 2 is 1.35 bits per heavy atom. The van der Waals surface area contributed by atoms with Crippen LogP contribution in [-0.4, -0.2) is 23.6 Å². The molecule has 0 saturated carbocycles. The number of benzene rings is 4. The van der Waals surface area contributed by atoms with Crippen molar-refractivity contribution in [2.24, 2.45) is 0 Å². The number of halogens is 1. The highest BCUT2D eigenvalue weighted by atomic mass is 35.5. The lowest BCUT2D eigenvalue weighted by molar-refractivity contribution is 0.0280. The average molecular weight is 510 g/mol. The van der Waals surface area contributed by atoms with Gasteiger partial charge in [0.1, 0.15) is 0 Å². The second-order valence-corrected chi connectivity index (χ2v) is 9.00. The van der Waals surface area contributed by atoms with Gasteiger partial charge in [-0.3, -0.25) is 14.4 Å². The van der Waals surface area contributed by atoms with Gasteiger partial charge in [-0.2, -0.15) is 0 Å². The molecule has 2 amide bonds. The lowest BCUT2D eigenvalue weighted by atomic mass is 9.99. The first kappa shape index (κ1) is 24.2. The molecular weight excluding hydrogens is 490 g/mol. The van der Waals surface area contributed by atoms with Crippen molar-refractivity contribution in [3.63, 3.8) is 0 Å². The van der Waals surface area contributed by atoms with Crippen LogP contribution in [0.1, 0.15) is 58.7 Å². The van der Waals surface area contributed by atoms with Gasteiger partial charge in [0.25, 0.3) is 11.8 Å². The van der Waals surface area contributed by atoms with Gasteiger partial charge < -0.3 is 4.74 Å². The number of imide groups is 1. The molecule has 7 heteroatoms. The summed E-state index contributed by atoms with van der Waals surface area (Å²) in [5.74, 6) is -2.11. The maximum Gasteiger partial charge on any atom is 0.339 e. The molecule has 0 spiro atoms. The molecule has 4 aromatic rings. The summed E-state index contributed by atoms with van der Waals surface area (Å²) in [6.07, 6.45) is -1.23. The van der Waals surface area contributed by atoms with Gasteiger partial charge in [-0.25, -0.2) is 9.69 Å². The Morgan fingerprint density at radius 1 is 0.757 bits per heavy atom. The summed E-state index contributed by atoms with van der Waals surface area (Å²) in [6.45, 7) is 1.74. The van der Waals surface area contributed by atoms with E-state index in [0.29, 0.717) is 32.8 Å². The summed E-state index contributed by atoms with van der Waals surface area (Å²) in [6, 6.07) is 26.2. The van der Waals surface area contributed by atoms with Crippen LogP contribution in [0.15, 0.2) is 97.1 Å². The molecule has 0 aliphatic carbocycles. The molecule has 0 N–H and O–H groups in total. The minimum atomic E-state index is -1.23. The number of carbonyl (C=O) groups is 4. The van der Waals surface area contributed by atoms with Gasteiger partial charge in [0.05, 0.1) is 22.4 Å². The SMILES string of the molecule is Cc1ccc(C(=O)O[C@@H](C(=O)c2ccccc2)c2ccc(Cl)cc2)cc1N1C(=O)c2ccccc2C1=O. The van der Waals surface area contributed by atoms with Gasteiger partial charge in [0.2, 0.25) is 5.78 Å². The van der Waals surface area contributed by atoms with Gasteiger partial charge in [0.15, 0.2) is 6.10 Å². The Labute approximate surface area is 218 Å². The van der Waals surface area contributed by atoms with E-state index < -0.39 is 29.7 Å². The Bertz CT molecular complexity index is 1510. The lowest BCUT2D eigenvalue weighted by Gasteiger charge is -2.20. The molecule has 1 atom stereocenters. The Morgan fingerprint density at radius 3 is 1.97 bits per heavy atom. The third-order valence-electron chi connectivity index (χ3n) is 6.17. The van der Waals surface area contributed by atoms with Gasteiger partial charge in [-0.1, -0.05) is 72.3 Å². The predicted octanol–water partition coefficient (Wildman–Crippen LogP) is 6.23. The molecule has 182 valence electrons. The second-order valence-electron chi connectivity index (χ2n) is 8.56. The van der Waals surface area contributed by atoms with Gasteiger partial charge in [0, 0.05) is 16.1 Å². The molecule has 0 radical (unpaired) electrons. The molecule has 4 aromatic carbocycles. The van der Waals surface area contributed by atoms with E-state index in [-0.39, 0.29) is 11.3 Å². The van der Waals surface area contributed by atoms with E-state index in [0.717, 1.165) is 4.90 Å². The monoisotopic (exact) mass is 509 g/mol. The van der Waals surface area contributed by atoms with Crippen molar-refractivity contribution < 1.29 is 23.9 Å². The molecule has 0 unspecified atom stereocenters. The third kappa shape index (κ3) is 4.55. The number of aryl methyl sites for hydroxylation is 1. The number of nitrogens with zero attached hydrogens (tertiary/aromatic N) is 1. The first-order valence-electron chi connectivity index (χ1n) is 11.5. The maximum atomic E-state index is 13.3. The zero-order valence-corrected chi connectivity index (χ0v) is 20.4. The Balaban J connectivity index is 1.48. The first-order valence-corrected chi connectivity index (χ1v) is 11.9. The number of hydrogen-bond acceptors (Lipinski definition) is 5. The Hall–Kier alpha value is -4.55. The van der Waals surface area contributed by atoms with Crippen LogP contribution in [0.4, 0.5) is 5.69 Å². The molecular formula is C30H20ClNO5. The molecule has 0 bridgehead atoms. The quantitative estimate of drug-likeness (QED) is 0.175. The minimum Gasteiger partial charge on any atom is -0.445 e. The third-order valence-corrected chi connectivity index (χ3v) is 6.43. The number of ether oxygens (including phenoxy) is 1. The molecule has 1 heterocycles. The number of carbonyl (C=O) groups excluding carboxylic acids is 4. The number of ketones is 1. The van der Waals surface area contributed by atoms with Crippen LogP contribution in [0.25, 0.3) is 0 Å². The largest absolute Gasteiger partial charge is 0.445 e. The molecule has 0 saturated heterocycles. The fourth-order valence-electron chi connectivity index (χ4n) is 4.22. The van der Waals surface area contributed by atoms with E-state index in [1.54, 1.807) is 91.9 Å². The van der Waals surface area contributed by atoms with E-state index >= 15 is 0 Å². The fraction of sp³-hybridized carbons (Fsp3) is 0.0667. The van der Waals surface area contributed by atoms with Crippen LogP contribution in [-0.2, 0) is 4.74 Å². The lowest BCUT2D eigenvalue weighted by Crippen LogP contribution is -2.30. The molecule has 0 fully saturated rings. The average Bonchev–Trinajstić information content (AvgIpc) is 3.18.